The van der Waals surface area contributed by atoms with E-state index in [0.29, 0.717) is 0 Å². The van der Waals surface area contributed by atoms with E-state index >= 15 is 0 Å². The van der Waals surface area contributed by atoms with Gasteiger partial charge in [0.15, 0.2) is 0 Å². The van der Waals surface area contributed by atoms with Crippen LogP contribution in [0.2, 0.25) is 0 Å². The third kappa shape index (κ3) is 2.16. The Morgan fingerprint density at radius 3 is 2.12 bits per heavy atom. The molecular weight excluding hydrogens is 192 g/mol. The van der Waals surface area contributed by atoms with E-state index in [2.05, 4.69) is 63.2 Å². The summed E-state index contributed by atoms with van der Waals surface area (Å²) in [4.78, 5) is 0. The Balaban J connectivity index is 2.33. The van der Waals surface area contributed by atoms with E-state index in [1.54, 1.807) is 0 Å². The van der Waals surface area contributed by atoms with Crippen molar-refractivity contribution in [2.45, 2.75) is 27.2 Å². The van der Waals surface area contributed by atoms with Crippen LogP contribution in [0.1, 0.15) is 27.8 Å². The number of aryl methyl sites for hydroxylation is 1. The minimum atomic E-state index is 1.04. The molecule has 2 rings (SSSR count). The molecule has 0 heterocycles. The van der Waals surface area contributed by atoms with Crippen LogP contribution in [0.4, 0.5) is 0 Å². The molecule has 0 aromatic heterocycles. The fourth-order valence-electron chi connectivity index (χ4n) is 2.02. The molecule has 0 fully saturated rings. The summed E-state index contributed by atoms with van der Waals surface area (Å²) in [6, 6.07) is 15.1. The van der Waals surface area contributed by atoms with Gasteiger partial charge in [0.1, 0.15) is 0 Å². The largest absolute Gasteiger partial charge is 0.0622 e. The minimum absolute atomic E-state index is 1.04. The maximum Gasteiger partial charge on any atom is -0.00230 e. The summed E-state index contributed by atoms with van der Waals surface area (Å²) >= 11 is 0. The second-order valence-corrected chi connectivity index (χ2v) is 4.45. The molecule has 0 aliphatic carbocycles. The summed E-state index contributed by atoms with van der Waals surface area (Å²) in [5, 5.41) is 0. The van der Waals surface area contributed by atoms with Crippen molar-refractivity contribution in [3.63, 3.8) is 0 Å². The van der Waals surface area contributed by atoms with Crippen LogP contribution in [0.25, 0.3) is 0 Å². The van der Waals surface area contributed by atoms with Gasteiger partial charge in [-0.05, 0) is 55.0 Å². The van der Waals surface area contributed by atoms with Crippen molar-refractivity contribution in [3.8, 4) is 0 Å². The third-order valence-corrected chi connectivity index (χ3v) is 3.41. The monoisotopic (exact) mass is 210 g/mol. The van der Waals surface area contributed by atoms with Gasteiger partial charge in [-0.3, -0.25) is 0 Å². The van der Waals surface area contributed by atoms with Crippen LogP contribution in [0.5, 0.6) is 0 Å². The zero-order valence-corrected chi connectivity index (χ0v) is 10.2. The Hall–Kier alpha value is -1.56. The van der Waals surface area contributed by atoms with E-state index in [9.17, 15) is 0 Å². The minimum Gasteiger partial charge on any atom is -0.0622 e. The molecule has 0 spiro atoms. The number of hydrogen-bond acceptors (Lipinski definition) is 0. The molecule has 0 atom stereocenters. The lowest BCUT2D eigenvalue weighted by molar-refractivity contribution is 1.12. The topological polar surface area (TPSA) is 0 Å². The second kappa shape index (κ2) is 4.52. The predicted molar refractivity (Wildman–Crippen MR) is 69.9 cm³/mol. The van der Waals surface area contributed by atoms with Gasteiger partial charge in [0.2, 0.25) is 0 Å². The van der Waals surface area contributed by atoms with Crippen LogP contribution in [0.15, 0.2) is 42.5 Å². The van der Waals surface area contributed by atoms with Crippen molar-refractivity contribution in [3.05, 3.63) is 70.3 Å². The van der Waals surface area contributed by atoms with Crippen molar-refractivity contribution in [2.24, 2.45) is 0 Å². The van der Waals surface area contributed by atoms with E-state index < -0.39 is 0 Å². The zero-order chi connectivity index (χ0) is 11.5. The van der Waals surface area contributed by atoms with Gasteiger partial charge in [-0.1, -0.05) is 42.5 Å². The van der Waals surface area contributed by atoms with Crippen LogP contribution in [-0.2, 0) is 6.42 Å². The lowest BCUT2D eigenvalue weighted by Crippen LogP contribution is -1.96. The Kier molecular flexibility index (Phi) is 3.09. The quantitative estimate of drug-likeness (QED) is 0.696. The molecular formula is C16H18. The molecule has 0 saturated carbocycles. The Bertz CT molecular complexity index is 481. The van der Waals surface area contributed by atoms with Gasteiger partial charge in [-0.25, -0.2) is 0 Å². The van der Waals surface area contributed by atoms with Crippen LogP contribution in [0, 0.1) is 20.8 Å². The fourth-order valence-corrected chi connectivity index (χ4v) is 2.02. The Morgan fingerprint density at radius 1 is 0.750 bits per heavy atom. The first kappa shape index (κ1) is 10.9. The molecule has 0 nitrogen and oxygen atoms in total. The number of hydrogen-bond donors (Lipinski definition) is 0. The van der Waals surface area contributed by atoms with Gasteiger partial charge in [0.05, 0.1) is 0 Å². The highest BCUT2D eigenvalue weighted by molar-refractivity contribution is 5.41. The Labute approximate surface area is 97.9 Å². The molecule has 0 aliphatic rings. The first-order valence-electron chi connectivity index (χ1n) is 5.78. The second-order valence-electron chi connectivity index (χ2n) is 4.45. The highest BCUT2D eigenvalue weighted by atomic mass is 14.1. The maximum absolute atomic E-state index is 2.25. The van der Waals surface area contributed by atoms with Crippen molar-refractivity contribution in [2.75, 3.05) is 0 Å². The van der Waals surface area contributed by atoms with Gasteiger partial charge in [-0.2, -0.15) is 0 Å². The molecule has 0 radical (unpaired) electrons. The molecule has 0 bridgehead atoms. The van der Waals surface area contributed by atoms with Crippen LogP contribution >= 0.6 is 0 Å². The molecule has 16 heavy (non-hydrogen) atoms. The average molecular weight is 210 g/mol. The maximum atomic E-state index is 2.25. The summed E-state index contributed by atoms with van der Waals surface area (Å²) < 4.78 is 0. The highest BCUT2D eigenvalue weighted by Gasteiger charge is 2.04. The third-order valence-electron chi connectivity index (χ3n) is 3.41. The number of rotatable bonds is 2. The van der Waals surface area contributed by atoms with E-state index in [-0.39, 0.29) is 0 Å². The molecule has 82 valence electrons. The molecule has 0 unspecified atom stereocenters. The standard InChI is InChI=1S/C16H18/c1-12-9-10-16(14(3)13(12)2)11-15-7-5-4-6-8-15/h4-10H,11H2,1-3H3. The van der Waals surface area contributed by atoms with E-state index in [4.69, 9.17) is 0 Å². The van der Waals surface area contributed by atoms with Gasteiger partial charge in [0.25, 0.3) is 0 Å². The molecule has 0 aliphatic heterocycles. The van der Waals surface area contributed by atoms with Gasteiger partial charge in [-0.15, -0.1) is 0 Å². The van der Waals surface area contributed by atoms with Crippen LogP contribution in [0.3, 0.4) is 0 Å². The van der Waals surface area contributed by atoms with E-state index in [1.807, 2.05) is 0 Å². The average Bonchev–Trinajstić information content (AvgIpc) is 2.31. The molecule has 0 N–H and O–H groups in total. The van der Waals surface area contributed by atoms with Gasteiger partial charge in [0, 0.05) is 0 Å². The van der Waals surface area contributed by atoms with Crippen molar-refractivity contribution in [1.29, 1.82) is 0 Å². The van der Waals surface area contributed by atoms with Gasteiger partial charge < -0.3 is 0 Å². The van der Waals surface area contributed by atoms with E-state index in [1.165, 1.54) is 27.8 Å². The van der Waals surface area contributed by atoms with Gasteiger partial charge >= 0.3 is 0 Å². The molecule has 2 aromatic carbocycles. The van der Waals surface area contributed by atoms with Crippen molar-refractivity contribution in [1.82, 2.24) is 0 Å². The lowest BCUT2D eigenvalue weighted by atomic mass is 9.94. The number of benzene rings is 2. The van der Waals surface area contributed by atoms with Crippen LogP contribution in [-0.4, -0.2) is 0 Å². The van der Waals surface area contributed by atoms with Crippen molar-refractivity contribution < 1.29 is 0 Å². The Morgan fingerprint density at radius 2 is 1.44 bits per heavy atom. The summed E-state index contributed by atoms with van der Waals surface area (Å²) in [5.41, 5.74) is 7.06. The summed E-state index contributed by atoms with van der Waals surface area (Å²) in [7, 11) is 0. The molecule has 2 aromatic rings. The first-order valence-corrected chi connectivity index (χ1v) is 5.78. The summed E-state index contributed by atoms with van der Waals surface area (Å²) in [6.45, 7) is 6.61. The predicted octanol–water partition coefficient (Wildman–Crippen LogP) is 4.20. The molecule has 0 heteroatoms. The zero-order valence-electron chi connectivity index (χ0n) is 10.2. The molecule has 0 saturated heterocycles. The SMILES string of the molecule is Cc1ccc(Cc2ccccc2)c(C)c1C. The van der Waals surface area contributed by atoms with Crippen LogP contribution < -0.4 is 0 Å². The summed E-state index contributed by atoms with van der Waals surface area (Å²) in [6.07, 6.45) is 1.04. The molecule has 0 amide bonds. The van der Waals surface area contributed by atoms with Crippen molar-refractivity contribution >= 4 is 0 Å². The lowest BCUT2D eigenvalue weighted by Gasteiger charge is -2.11. The highest BCUT2D eigenvalue weighted by Crippen LogP contribution is 2.19. The fraction of sp³-hybridized carbons (Fsp3) is 0.250. The normalized spacial score (nSPS) is 10.4. The smallest absolute Gasteiger partial charge is 0.00230 e. The first-order chi connectivity index (χ1) is 7.68. The van der Waals surface area contributed by atoms with E-state index in [0.717, 1.165) is 6.42 Å². The summed E-state index contributed by atoms with van der Waals surface area (Å²) in [5.74, 6) is 0.